The summed E-state index contributed by atoms with van der Waals surface area (Å²) in [6, 6.07) is 1.92. The molecule has 1 unspecified atom stereocenters. The maximum absolute atomic E-state index is 11.7. The molecule has 0 aliphatic rings. The molecule has 2 nitrogen and oxygen atoms in total. The summed E-state index contributed by atoms with van der Waals surface area (Å²) in [6.07, 6.45) is 0.865. The molecule has 84 valence electrons. The van der Waals surface area contributed by atoms with E-state index >= 15 is 0 Å². The third-order valence-electron chi connectivity index (χ3n) is 2.32. The van der Waals surface area contributed by atoms with Gasteiger partial charge in [-0.1, -0.05) is 6.92 Å². The molecule has 0 saturated carbocycles. The molecule has 1 N–H and O–H groups in total. The van der Waals surface area contributed by atoms with Crippen molar-refractivity contribution in [3.8, 4) is 0 Å². The summed E-state index contributed by atoms with van der Waals surface area (Å²) < 4.78 is 0. The summed E-state index contributed by atoms with van der Waals surface area (Å²) in [5, 5.41) is 2.85. The lowest BCUT2D eigenvalue weighted by Gasteiger charge is -2.06. The van der Waals surface area contributed by atoms with E-state index in [1.54, 1.807) is 0 Å². The van der Waals surface area contributed by atoms with Crippen LogP contribution in [0.25, 0.3) is 0 Å². The number of amides is 1. The molecule has 0 aliphatic carbocycles. The number of alkyl halides is 1. The predicted molar refractivity (Wildman–Crippen MR) is 66.1 cm³/mol. The van der Waals surface area contributed by atoms with Gasteiger partial charge in [-0.05, 0) is 31.9 Å². The van der Waals surface area contributed by atoms with Gasteiger partial charge in [-0.25, -0.2) is 0 Å². The van der Waals surface area contributed by atoms with Crippen molar-refractivity contribution < 1.29 is 4.79 Å². The van der Waals surface area contributed by atoms with Gasteiger partial charge in [0.2, 0.25) is 0 Å². The number of aryl methyl sites for hydroxylation is 2. The van der Waals surface area contributed by atoms with Crippen LogP contribution in [0.15, 0.2) is 6.07 Å². The van der Waals surface area contributed by atoms with E-state index in [2.05, 4.69) is 5.32 Å². The zero-order chi connectivity index (χ0) is 11.4. The minimum atomic E-state index is -0.0182. The Morgan fingerprint density at radius 2 is 2.27 bits per heavy atom. The molecular formula is C11H16ClNOS. The van der Waals surface area contributed by atoms with Crippen LogP contribution in [0.1, 0.15) is 33.5 Å². The number of carbonyl (C=O) groups is 1. The Labute approximate surface area is 99.6 Å². The average Bonchev–Trinajstić information content (AvgIpc) is 2.55. The molecule has 1 aromatic rings. The molecular weight excluding hydrogens is 230 g/mol. The lowest BCUT2D eigenvalue weighted by molar-refractivity contribution is 0.0957. The Morgan fingerprint density at radius 1 is 1.60 bits per heavy atom. The quantitative estimate of drug-likeness (QED) is 0.812. The molecule has 4 heteroatoms. The van der Waals surface area contributed by atoms with Crippen LogP contribution >= 0.6 is 22.9 Å². The van der Waals surface area contributed by atoms with Gasteiger partial charge in [0.05, 0.1) is 10.3 Å². The monoisotopic (exact) mass is 245 g/mol. The van der Waals surface area contributed by atoms with Crippen LogP contribution in [0.2, 0.25) is 0 Å². The van der Waals surface area contributed by atoms with Gasteiger partial charge < -0.3 is 5.32 Å². The lowest BCUT2D eigenvalue weighted by atomic mass is 10.3. The van der Waals surface area contributed by atoms with Gasteiger partial charge in [-0.2, -0.15) is 0 Å². The summed E-state index contributed by atoms with van der Waals surface area (Å²) in [6.45, 7) is 6.57. The van der Waals surface area contributed by atoms with Crippen molar-refractivity contribution >= 4 is 28.8 Å². The number of carbonyl (C=O) groups excluding carboxylic acids is 1. The molecule has 0 fully saturated rings. The normalized spacial score (nSPS) is 12.5. The molecule has 1 rings (SSSR count). The second-order valence-electron chi connectivity index (χ2n) is 3.57. The third-order valence-corrected chi connectivity index (χ3v) is 3.93. The van der Waals surface area contributed by atoms with Crippen molar-refractivity contribution in [3.63, 3.8) is 0 Å². The zero-order valence-electron chi connectivity index (χ0n) is 9.26. The molecule has 0 spiro atoms. The SMILES string of the molecule is CCC(Cl)CNC(=O)c1cc(C)c(C)s1. The van der Waals surface area contributed by atoms with Crippen LogP contribution in [-0.4, -0.2) is 17.8 Å². The van der Waals surface area contributed by atoms with Crippen molar-refractivity contribution in [2.24, 2.45) is 0 Å². The van der Waals surface area contributed by atoms with Gasteiger partial charge in [-0.15, -0.1) is 22.9 Å². The fourth-order valence-corrected chi connectivity index (χ4v) is 2.15. The minimum absolute atomic E-state index is 0.0182. The summed E-state index contributed by atoms with van der Waals surface area (Å²) in [4.78, 5) is 13.6. The van der Waals surface area contributed by atoms with Gasteiger partial charge in [0.1, 0.15) is 0 Å². The van der Waals surface area contributed by atoms with Crippen molar-refractivity contribution in [2.45, 2.75) is 32.6 Å². The summed E-state index contributed by atoms with van der Waals surface area (Å²) in [7, 11) is 0. The van der Waals surface area contributed by atoms with Crippen molar-refractivity contribution in [1.29, 1.82) is 0 Å². The Morgan fingerprint density at radius 3 is 2.73 bits per heavy atom. The Hall–Kier alpha value is -0.540. The first-order chi connectivity index (χ1) is 7.04. The van der Waals surface area contributed by atoms with E-state index < -0.39 is 0 Å². The Bertz CT molecular complexity index is 329. The first-order valence-electron chi connectivity index (χ1n) is 5.04. The molecule has 1 heterocycles. The maximum Gasteiger partial charge on any atom is 0.261 e. The molecule has 1 atom stereocenters. The number of thiophene rings is 1. The molecule has 0 aliphatic heterocycles. The van der Waals surface area contributed by atoms with Gasteiger partial charge in [0.15, 0.2) is 0 Å². The topological polar surface area (TPSA) is 29.1 Å². The molecule has 0 aromatic carbocycles. The lowest BCUT2D eigenvalue weighted by Crippen LogP contribution is -2.28. The van der Waals surface area contributed by atoms with E-state index in [0.717, 1.165) is 11.3 Å². The molecule has 1 aromatic heterocycles. The number of nitrogens with one attached hydrogen (secondary N) is 1. The van der Waals surface area contributed by atoms with Gasteiger partial charge >= 0.3 is 0 Å². The average molecular weight is 246 g/mol. The molecule has 15 heavy (non-hydrogen) atoms. The van der Waals surface area contributed by atoms with Crippen LogP contribution in [-0.2, 0) is 0 Å². The highest BCUT2D eigenvalue weighted by molar-refractivity contribution is 7.14. The first kappa shape index (κ1) is 12.5. The predicted octanol–water partition coefficient (Wildman–Crippen LogP) is 3.11. The van der Waals surface area contributed by atoms with Crippen LogP contribution in [0, 0.1) is 13.8 Å². The Balaban J connectivity index is 2.54. The smallest absolute Gasteiger partial charge is 0.261 e. The van der Waals surface area contributed by atoms with Crippen LogP contribution in [0.5, 0.6) is 0 Å². The molecule has 1 amide bonds. The molecule has 0 bridgehead atoms. The standard InChI is InChI=1S/C11H16ClNOS/c1-4-9(12)6-13-11(14)10-5-7(2)8(3)15-10/h5,9H,4,6H2,1-3H3,(H,13,14). The number of halogens is 1. The van der Waals surface area contributed by atoms with Gasteiger partial charge in [0.25, 0.3) is 5.91 Å². The van der Waals surface area contributed by atoms with Crippen LogP contribution < -0.4 is 5.32 Å². The van der Waals surface area contributed by atoms with Gasteiger partial charge in [0, 0.05) is 11.4 Å². The van der Waals surface area contributed by atoms with E-state index in [-0.39, 0.29) is 11.3 Å². The minimum Gasteiger partial charge on any atom is -0.350 e. The summed E-state index contributed by atoms with van der Waals surface area (Å²) in [5.74, 6) is -0.0182. The van der Waals surface area contributed by atoms with Crippen molar-refractivity contribution in [3.05, 3.63) is 21.4 Å². The number of rotatable bonds is 4. The van der Waals surface area contributed by atoms with E-state index in [4.69, 9.17) is 11.6 Å². The largest absolute Gasteiger partial charge is 0.350 e. The van der Waals surface area contributed by atoms with E-state index in [1.807, 2.05) is 26.8 Å². The Kier molecular flexibility index (Phi) is 4.61. The van der Waals surface area contributed by atoms with Crippen molar-refractivity contribution in [2.75, 3.05) is 6.54 Å². The molecule has 0 saturated heterocycles. The second kappa shape index (κ2) is 5.52. The van der Waals surface area contributed by atoms with E-state index in [0.29, 0.717) is 6.54 Å². The van der Waals surface area contributed by atoms with E-state index in [9.17, 15) is 4.79 Å². The first-order valence-corrected chi connectivity index (χ1v) is 6.29. The summed E-state index contributed by atoms with van der Waals surface area (Å²) >= 11 is 7.45. The second-order valence-corrected chi connectivity index (χ2v) is 5.44. The summed E-state index contributed by atoms with van der Waals surface area (Å²) in [5.41, 5.74) is 1.17. The highest BCUT2D eigenvalue weighted by atomic mass is 35.5. The van der Waals surface area contributed by atoms with E-state index in [1.165, 1.54) is 21.8 Å². The van der Waals surface area contributed by atoms with Crippen molar-refractivity contribution in [1.82, 2.24) is 5.32 Å². The zero-order valence-corrected chi connectivity index (χ0v) is 10.8. The van der Waals surface area contributed by atoms with Gasteiger partial charge in [-0.3, -0.25) is 4.79 Å². The number of hydrogen-bond acceptors (Lipinski definition) is 2. The molecule has 0 radical (unpaired) electrons. The van der Waals surface area contributed by atoms with Crippen LogP contribution in [0.3, 0.4) is 0 Å². The number of hydrogen-bond donors (Lipinski definition) is 1. The fraction of sp³-hybridized carbons (Fsp3) is 0.545. The highest BCUT2D eigenvalue weighted by Crippen LogP contribution is 2.20. The van der Waals surface area contributed by atoms with Crippen LogP contribution in [0.4, 0.5) is 0 Å². The maximum atomic E-state index is 11.7. The fourth-order valence-electron chi connectivity index (χ4n) is 1.12. The highest BCUT2D eigenvalue weighted by Gasteiger charge is 2.11. The third kappa shape index (κ3) is 3.50.